The molecule has 1 aliphatic rings. The summed E-state index contributed by atoms with van der Waals surface area (Å²) in [7, 11) is 0. The fraction of sp³-hybridized carbons (Fsp3) is 0.190. The lowest BCUT2D eigenvalue weighted by Gasteiger charge is -2.25. The molecule has 2 aromatic carbocycles. The van der Waals surface area contributed by atoms with Crippen LogP contribution in [0.3, 0.4) is 0 Å². The smallest absolute Gasteiger partial charge is 0.248 e. The van der Waals surface area contributed by atoms with Crippen molar-refractivity contribution < 1.29 is 9.59 Å². The fourth-order valence-electron chi connectivity index (χ4n) is 2.98. The highest BCUT2D eigenvalue weighted by Crippen LogP contribution is 2.31. The lowest BCUT2D eigenvalue weighted by atomic mass is 9.96. The standard InChI is InChI=1S/C21H21ClN4O2S/c1-12-15(22)9-6-10-16(12)25-17(27)11-29-21-24-13(2)18(20(23)28)19(26-21)14-7-4-3-5-8-14/h3-10,19H,11H2,1-2H3,(H2,23,28)(H,24,26)(H,25,27)/t19-/m0/s1. The summed E-state index contributed by atoms with van der Waals surface area (Å²) >= 11 is 7.36. The van der Waals surface area contributed by atoms with Crippen LogP contribution in [-0.2, 0) is 9.59 Å². The van der Waals surface area contributed by atoms with E-state index >= 15 is 0 Å². The lowest BCUT2D eigenvalue weighted by molar-refractivity contribution is -0.115. The van der Waals surface area contributed by atoms with E-state index in [0.717, 1.165) is 11.1 Å². The van der Waals surface area contributed by atoms with Gasteiger partial charge < -0.3 is 16.4 Å². The molecule has 0 radical (unpaired) electrons. The van der Waals surface area contributed by atoms with Crippen molar-refractivity contribution in [1.29, 1.82) is 0 Å². The molecule has 6 nitrogen and oxygen atoms in total. The van der Waals surface area contributed by atoms with Crippen molar-refractivity contribution in [3.8, 4) is 0 Å². The van der Waals surface area contributed by atoms with Crippen LogP contribution in [0.1, 0.15) is 24.1 Å². The van der Waals surface area contributed by atoms with E-state index in [1.165, 1.54) is 11.8 Å². The van der Waals surface area contributed by atoms with Crippen LogP contribution >= 0.6 is 23.4 Å². The Hall–Kier alpha value is -2.77. The third-order valence-corrected chi connectivity index (χ3v) is 5.78. The van der Waals surface area contributed by atoms with Crippen LogP contribution in [0.15, 0.2) is 64.8 Å². The van der Waals surface area contributed by atoms with Crippen LogP contribution in [0.5, 0.6) is 0 Å². The molecule has 29 heavy (non-hydrogen) atoms. The molecule has 4 N–H and O–H groups in total. The maximum Gasteiger partial charge on any atom is 0.248 e. The number of nitrogens with zero attached hydrogens (tertiary/aromatic N) is 1. The molecule has 0 unspecified atom stereocenters. The summed E-state index contributed by atoms with van der Waals surface area (Å²) in [4.78, 5) is 29.0. The number of nitrogens with one attached hydrogen (secondary N) is 2. The first-order valence-electron chi connectivity index (χ1n) is 8.95. The van der Waals surface area contributed by atoms with Crippen molar-refractivity contribution in [2.24, 2.45) is 10.7 Å². The number of carbonyl (C=O) groups excluding carboxylic acids is 2. The topological polar surface area (TPSA) is 96.6 Å². The molecule has 1 atom stereocenters. The number of aliphatic imine (C=N–C) groups is 1. The molecule has 150 valence electrons. The van der Waals surface area contributed by atoms with E-state index in [1.807, 2.05) is 37.3 Å². The largest absolute Gasteiger partial charge is 0.366 e. The normalized spacial score (nSPS) is 16.1. The molecular formula is C21H21ClN4O2S. The average molecular weight is 429 g/mol. The average Bonchev–Trinajstić information content (AvgIpc) is 2.70. The van der Waals surface area contributed by atoms with Crippen molar-refractivity contribution in [2.45, 2.75) is 19.9 Å². The van der Waals surface area contributed by atoms with Gasteiger partial charge in [-0.1, -0.05) is 59.8 Å². The van der Waals surface area contributed by atoms with Gasteiger partial charge in [0.05, 0.1) is 11.3 Å². The Kier molecular flexibility index (Phi) is 6.61. The number of thioether (sulfide) groups is 1. The van der Waals surface area contributed by atoms with Gasteiger partial charge in [0.25, 0.3) is 0 Å². The molecule has 0 saturated heterocycles. The SMILES string of the molecule is CC1=C(C(N)=O)[C@H](c2ccccc2)N=C(SCC(=O)Nc2cccc(Cl)c2C)N1. The van der Waals surface area contributed by atoms with Crippen molar-refractivity contribution >= 4 is 46.0 Å². The Labute approximate surface area is 178 Å². The quantitative estimate of drug-likeness (QED) is 0.675. The number of nitrogens with two attached hydrogens (primary N) is 1. The number of carbonyl (C=O) groups is 2. The van der Waals surface area contributed by atoms with Crippen LogP contribution in [-0.4, -0.2) is 22.7 Å². The Morgan fingerprint density at radius 3 is 2.59 bits per heavy atom. The number of anilines is 1. The summed E-state index contributed by atoms with van der Waals surface area (Å²) in [5, 5.41) is 7.09. The number of allylic oxidation sites excluding steroid dienone is 1. The van der Waals surface area contributed by atoms with E-state index in [-0.39, 0.29) is 11.7 Å². The highest BCUT2D eigenvalue weighted by molar-refractivity contribution is 8.14. The van der Waals surface area contributed by atoms with E-state index in [0.29, 0.717) is 27.1 Å². The van der Waals surface area contributed by atoms with Gasteiger partial charge in [0.1, 0.15) is 6.04 Å². The molecule has 1 heterocycles. The predicted octanol–water partition coefficient (Wildman–Crippen LogP) is 3.78. The van der Waals surface area contributed by atoms with Gasteiger partial charge in [0.15, 0.2) is 5.17 Å². The van der Waals surface area contributed by atoms with E-state index in [2.05, 4.69) is 15.6 Å². The second-order valence-corrected chi connectivity index (χ2v) is 7.90. The Bertz CT molecular complexity index is 1000. The molecule has 2 amide bonds. The summed E-state index contributed by atoms with van der Waals surface area (Å²) in [5.74, 6) is -0.548. The molecule has 0 aliphatic carbocycles. The minimum absolute atomic E-state index is 0.151. The zero-order valence-corrected chi connectivity index (χ0v) is 17.6. The van der Waals surface area contributed by atoms with Crippen LogP contribution in [0.4, 0.5) is 5.69 Å². The second-order valence-electron chi connectivity index (χ2n) is 6.52. The van der Waals surface area contributed by atoms with Gasteiger partial charge >= 0.3 is 0 Å². The van der Waals surface area contributed by atoms with Gasteiger partial charge in [-0.3, -0.25) is 9.59 Å². The lowest BCUT2D eigenvalue weighted by Crippen LogP contribution is -2.33. The van der Waals surface area contributed by atoms with Crippen molar-refractivity contribution in [3.05, 3.63) is 76.0 Å². The van der Waals surface area contributed by atoms with E-state index in [4.69, 9.17) is 17.3 Å². The second kappa shape index (κ2) is 9.15. The highest BCUT2D eigenvalue weighted by atomic mass is 35.5. The number of amidine groups is 1. The number of rotatable bonds is 5. The molecule has 3 rings (SSSR count). The minimum Gasteiger partial charge on any atom is -0.366 e. The van der Waals surface area contributed by atoms with Crippen molar-refractivity contribution in [2.75, 3.05) is 11.1 Å². The third-order valence-electron chi connectivity index (χ3n) is 4.48. The number of hydrogen-bond donors (Lipinski definition) is 3. The van der Waals surface area contributed by atoms with E-state index in [9.17, 15) is 9.59 Å². The molecule has 0 aromatic heterocycles. The number of hydrogen-bond acceptors (Lipinski definition) is 5. The summed E-state index contributed by atoms with van der Waals surface area (Å²) < 4.78 is 0. The van der Waals surface area contributed by atoms with Crippen molar-refractivity contribution in [3.63, 3.8) is 0 Å². The van der Waals surface area contributed by atoms with E-state index in [1.54, 1.807) is 25.1 Å². The van der Waals surface area contributed by atoms with Crippen LogP contribution in [0.2, 0.25) is 5.02 Å². The molecular weight excluding hydrogens is 408 g/mol. The number of halogens is 1. The maximum atomic E-state index is 12.4. The monoisotopic (exact) mass is 428 g/mol. The van der Waals surface area contributed by atoms with Crippen LogP contribution < -0.4 is 16.4 Å². The van der Waals surface area contributed by atoms with Crippen molar-refractivity contribution in [1.82, 2.24) is 5.32 Å². The molecule has 8 heteroatoms. The summed E-state index contributed by atoms with van der Waals surface area (Å²) in [6, 6.07) is 14.3. The molecule has 0 fully saturated rings. The zero-order valence-electron chi connectivity index (χ0n) is 16.0. The fourth-order valence-corrected chi connectivity index (χ4v) is 3.90. The first-order chi connectivity index (χ1) is 13.9. The van der Waals surface area contributed by atoms with Gasteiger partial charge in [-0.25, -0.2) is 4.99 Å². The van der Waals surface area contributed by atoms with E-state index < -0.39 is 11.9 Å². The molecule has 1 aliphatic heterocycles. The molecule has 0 bridgehead atoms. The van der Waals surface area contributed by atoms with Crippen LogP contribution in [0, 0.1) is 6.92 Å². The van der Waals surface area contributed by atoms with Gasteiger partial charge in [-0.05, 0) is 37.1 Å². The molecule has 0 spiro atoms. The Morgan fingerprint density at radius 2 is 1.90 bits per heavy atom. The van der Waals surface area contributed by atoms with Gasteiger partial charge in [0.2, 0.25) is 11.8 Å². The summed E-state index contributed by atoms with van der Waals surface area (Å²) in [6.45, 7) is 3.63. The maximum absolute atomic E-state index is 12.4. The number of benzene rings is 2. The molecule has 0 saturated carbocycles. The van der Waals surface area contributed by atoms with Gasteiger partial charge in [-0.2, -0.15) is 0 Å². The summed E-state index contributed by atoms with van der Waals surface area (Å²) in [6.07, 6.45) is 0. The first kappa shape index (κ1) is 21.0. The van der Waals surface area contributed by atoms with Gasteiger partial charge in [0, 0.05) is 16.4 Å². The minimum atomic E-state index is -0.522. The number of amides is 2. The summed E-state index contributed by atoms with van der Waals surface area (Å²) in [5.41, 5.74) is 8.98. The predicted molar refractivity (Wildman–Crippen MR) is 119 cm³/mol. The van der Waals surface area contributed by atoms with Crippen LogP contribution in [0.25, 0.3) is 0 Å². The Morgan fingerprint density at radius 1 is 1.17 bits per heavy atom. The first-order valence-corrected chi connectivity index (χ1v) is 10.3. The Balaban J connectivity index is 1.73. The number of primary amides is 1. The third kappa shape index (κ3) is 4.99. The van der Waals surface area contributed by atoms with Gasteiger partial charge in [-0.15, -0.1) is 0 Å². The highest BCUT2D eigenvalue weighted by Gasteiger charge is 2.28. The zero-order chi connectivity index (χ0) is 21.0. The molecule has 2 aromatic rings.